The van der Waals surface area contributed by atoms with Crippen molar-refractivity contribution in [3.05, 3.63) is 0 Å². The van der Waals surface area contributed by atoms with E-state index in [1.54, 1.807) is 0 Å². The van der Waals surface area contributed by atoms with Crippen molar-refractivity contribution in [2.24, 2.45) is 5.92 Å². The highest BCUT2D eigenvalue weighted by molar-refractivity contribution is 5.83. The predicted molar refractivity (Wildman–Crippen MR) is 59.6 cm³/mol. The Balaban J connectivity index is 2.60. The number of hydrogen-bond acceptors (Lipinski definition) is 4. The molecule has 6 nitrogen and oxygen atoms in total. The van der Waals surface area contributed by atoms with Gasteiger partial charge >= 0.3 is 5.97 Å². The first-order valence-corrected chi connectivity index (χ1v) is 5.67. The van der Waals surface area contributed by atoms with E-state index in [2.05, 4.69) is 0 Å². The maximum atomic E-state index is 12.1. The summed E-state index contributed by atoms with van der Waals surface area (Å²) in [6.07, 6.45) is 0.518. The fourth-order valence-electron chi connectivity index (χ4n) is 1.92. The molecule has 0 spiro atoms. The molecule has 1 aliphatic heterocycles. The van der Waals surface area contributed by atoms with E-state index in [1.165, 1.54) is 12.0 Å². The van der Waals surface area contributed by atoms with Gasteiger partial charge in [0.05, 0.1) is 18.6 Å². The standard InChI is InChI=1S/C11H19NO5/c1-8-9(3-5-17-8)11(15)12(4-6-16-2)7-10(13)14/h8-9H,3-7H2,1-2H3,(H,13,14). The lowest BCUT2D eigenvalue weighted by atomic mass is 10.0. The van der Waals surface area contributed by atoms with Gasteiger partial charge in [0, 0.05) is 20.3 Å². The Morgan fingerprint density at radius 1 is 1.53 bits per heavy atom. The summed E-state index contributed by atoms with van der Waals surface area (Å²) in [6.45, 7) is 2.74. The summed E-state index contributed by atoms with van der Waals surface area (Å²) in [5, 5.41) is 8.77. The van der Waals surface area contributed by atoms with E-state index in [4.69, 9.17) is 14.6 Å². The van der Waals surface area contributed by atoms with Gasteiger partial charge in [0.2, 0.25) is 5.91 Å². The molecule has 0 aromatic heterocycles. The van der Waals surface area contributed by atoms with Crippen LogP contribution in [0.2, 0.25) is 0 Å². The first-order valence-electron chi connectivity index (χ1n) is 5.67. The van der Waals surface area contributed by atoms with Gasteiger partial charge in [-0.1, -0.05) is 0 Å². The van der Waals surface area contributed by atoms with E-state index in [1.807, 2.05) is 6.92 Å². The maximum Gasteiger partial charge on any atom is 0.323 e. The first-order chi connectivity index (χ1) is 8.06. The maximum absolute atomic E-state index is 12.1. The molecule has 1 N–H and O–H groups in total. The SMILES string of the molecule is COCCN(CC(=O)O)C(=O)C1CCOC1C. The molecule has 0 radical (unpaired) electrons. The monoisotopic (exact) mass is 245 g/mol. The molecule has 1 fully saturated rings. The number of carboxylic acids is 1. The minimum absolute atomic E-state index is 0.138. The van der Waals surface area contributed by atoms with Gasteiger partial charge in [0.15, 0.2) is 0 Å². The number of ether oxygens (including phenoxy) is 2. The number of carbonyl (C=O) groups is 2. The number of amides is 1. The summed E-state index contributed by atoms with van der Waals surface area (Å²) in [4.78, 5) is 24.2. The van der Waals surface area contributed by atoms with Crippen LogP contribution in [-0.2, 0) is 19.1 Å². The number of carbonyl (C=O) groups excluding carboxylic acids is 1. The van der Waals surface area contributed by atoms with Crippen LogP contribution < -0.4 is 0 Å². The van der Waals surface area contributed by atoms with E-state index < -0.39 is 5.97 Å². The Bertz CT molecular complexity index is 281. The van der Waals surface area contributed by atoms with Crippen molar-refractivity contribution in [3.63, 3.8) is 0 Å². The smallest absolute Gasteiger partial charge is 0.323 e. The average molecular weight is 245 g/mol. The lowest BCUT2D eigenvalue weighted by Gasteiger charge is -2.24. The van der Waals surface area contributed by atoms with Gasteiger partial charge in [-0.15, -0.1) is 0 Å². The Kier molecular flexibility index (Phi) is 5.37. The van der Waals surface area contributed by atoms with Crippen LogP contribution in [0.3, 0.4) is 0 Å². The van der Waals surface area contributed by atoms with Crippen molar-refractivity contribution in [1.82, 2.24) is 4.90 Å². The van der Waals surface area contributed by atoms with E-state index in [-0.39, 0.29) is 24.5 Å². The Hall–Kier alpha value is -1.14. The molecular formula is C11H19NO5. The second kappa shape index (κ2) is 6.56. The number of nitrogens with zero attached hydrogens (tertiary/aromatic N) is 1. The second-order valence-corrected chi connectivity index (χ2v) is 4.12. The third-order valence-electron chi connectivity index (χ3n) is 2.90. The van der Waals surface area contributed by atoms with Crippen LogP contribution >= 0.6 is 0 Å². The number of aliphatic carboxylic acids is 1. The molecule has 98 valence electrons. The molecule has 2 atom stereocenters. The number of hydrogen-bond donors (Lipinski definition) is 1. The van der Waals surface area contributed by atoms with E-state index in [9.17, 15) is 9.59 Å². The van der Waals surface area contributed by atoms with Crippen LogP contribution in [0.15, 0.2) is 0 Å². The highest BCUT2D eigenvalue weighted by Gasteiger charge is 2.34. The molecule has 1 amide bonds. The van der Waals surface area contributed by atoms with Crippen molar-refractivity contribution >= 4 is 11.9 Å². The van der Waals surface area contributed by atoms with Crippen molar-refractivity contribution in [2.45, 2.75) is 19.4 Å². The Morgan fingerprint density at radius 3 is 2.71 bits per heavy atom. The van der Waals surface area contributed by atoms with Crippen LogP contribution in [0.5, 0.6) is 0 Å². The van der Waals surface area contributed by atoms with Gasteiger partial charge < -0.3 is 19.5 Å². The quantitative estimate of drug-likeness (QED) is 0.711. The first kappa shape index (κ1) is 13.9. The molecule has 0 bridgehead atoms. The van der Waals surface area contributed by atoms with Crippen molar-refractivity contribution in [2.75, 3.05) is 33.4 Å². The normalized spacial score (nSPS) is 23.6. The molecule has 2 unspecified atom stereocenters. The van der Waals surface area contributed by atoms with Crippen molar-refractivity contribution in [1.29, 1.82) is 0 Å². The van der Waals surface area contributed by atoms with E-state index in [0.717, 1.165) is 0 Å². The fraction of sp³-hybridized carbons (Fsp3) is 0.818. The largest absolute Gasteiger partial charge is 0.480 e. The van der Waals surface area contributed by atoms with Crippen molar-refractivity contribution in [3.8, 4) is 0 Å². The third kappa shape index (κ3) is 3.98. The molecule has 6 heteroatoms. The van der Waals surface area contributed by atoms with Crippen molar-refractivity contribution < 1.29 is 24.2 Å². The summed E-state index contributed by atoms with van der Waals surface area (Å²) < 4.78 is 10.2. The van der Waals surface area contributed by atoms with Gasteiger partial charge in [-0.3, -0.25) is 9.59 Å². The summed E-state index contributed by atoms with van der Waals surface area (Å²) in [6, 6.07) is 0. The predicted octanol–water partition coefficient (Wildman–Crippen LogP) is -0.0290. The van der Waals surface area contributed by atoms with Crippen LogP contribution in [0.1, 0.15) is 13.3 Å². The summed E-state index contributed by atoms with van der Waals surface area (Å²) in [5.41, 5.74) is 0. The molecule has 1 heterocycles. The van der Waals surface area contributed by atoms with Crippen LogP contribution in [0, 0.1) is 5.92 Å². The van der Waals surface area contributed by atoms with Gasteiger partial charge in [0.25, 0.3) is 0 Å². The van der Waals surface area contributed by atoms with Gasteiger partial charge in [-0.25, -0.2) is 0 Å². The van der Waals surface area contributed by atoms with Gasteiger partial charge in [0.1, 0.15) is 6.54 Å². The minimum Gasteiger partial charge on any atom is -0.480 e. The fourth-order valence-corrected chi connectivity index (χ4v) is 1.92. The van der Waals surface area contributed by atoms with Gasteiger partial charge in [-0.05, 0) is 13.3 Å². The molecule has 0 aromatic rings. The number of carboxylic acid groups (broad SMARTS) is 1. The molecular weight excluding hydrogens is 226 g/mol. The Labute approximate surface area is 100 Å². The topological polar surface area (TPSA) is 76.1 Å². The molecule has 1 aliphatic rings. The third-order valence-corrected chi connectivity index (χ3v) is 2.90. The minimum atomic E-state index is -1.01. The lowest BCUT2D eigenvalue weighted by Crippen LogP contribution is -2.43. The molecule has 1 saturated heterocycles. The Morgan fingerprint density at radius 2 is 2.24 bits per heavy atom. The lowest BCUT2D eigenvalue weighted by molar-refractivity contribution is -0.147. The summed E-state index contributed by atoms with van der Waals surface area (Å²) in [7, 11) is 1.52. The van der Waals surface area contributed by atoms with Crippen LogP contribution in [-0.4, -0.2) is 61.4 Å². The molecule has 0 aromatic carbocycles. The highest BCUT2D eigenvalue weighted by atomic mass is 16.5. The van der Waals surface area contributed by atoms with E-state index >= 15 is 0 Å². The zero-order chi connectivity index (χ0) is 12.8. The van der Waals surface area contributed by atoms with E-state index in [0.29, 0.717) is 26.2 Å². The zero-order valence-corrected chi connectivity index (χ0v) is 10.2. The average Bonchev–Trinajstić information content (AvgIpc) is 2.69. The number of methoxy groups -OCH3 is 1. The second-order valence-electron chi connectivity index (χ2n) is 4.12. The highest BCUT2D eigenvalue weighted by Crippen LogP contribution is 2.22. The van der Waals surface area contributed by atoms with Crippen LogP contribution in [0.25, 0.3) is 0 Å². The number of rotatable bonds is 6. The van der Waals surface area contributed by atoms with Crippen LogP contribution in [0.4, 0.5) is 0 Å². The molecule has 1 rings (SSSR count). The van der Waals surface area contributed by atoms with Gasteiger partial charge in [-0.2, -0.15) is 0 Å². The summed E-state index contributed by atoms with van der Waals surface area (Å²) in [5.74, 6) is -1.40. The zero-order valence-electron chi connectivity index (χ0n) is 10.2. The summed E-state index contributed by atoms with van der Waals surface area (Å²) >= 11 is 0. The molecule has 0 aliphatic carbocycles. The molecule has 0 saturated carbocycles. The molecule has 17 heavy (non-hydrogen) atoms.